The second-order valence-corrected chi connectivity index (χ2v) is 6.23. The van der Waals surface area contributed by atoms with Crippen molar-refractivity contribution < 1.29 is 9.53 Å². The van der Waals surface area contributed by atoms with E-state index < -0.39 is 5.54 Å². The molecular weight excluding hydrogens is 288 g/mol. The van der Waals surface area contributed by atoms with Crippen molar-refractivity contribution in [3.05, 3.63) is 28.3 Å². The number of rotatable bonds is 5. The highest BCUT2D eigenvalue weighted by Gasteiger charge is 2.43. The first-order valence-corrected chi connectivity index (χ1v) is 7.35. The molecule has 4 nitrogen and oxygen atoms in total. The van der Waals surface area contributed by atoms with Gasteiger partial charge in [0.05, 0.1) is 6.07 Å². The Hall–Kier alpha value is -1.73. The molecule has 0 heterocycles. The summed E-state index contributed by atoms with van der Waals surface area (Å²) in [5.74, 6) is 0.643. The van der Waals surface area contributed by atoms with Crippen LogP contribution in [0.15, 0.2) is 12.1 Å². The summed E-state index contributed by atoms with van der Waals surface area (Å²) in [5, 5.41) is 12.6. The number of carbonyl (C=O) groups excluding carboxylic acids is 1. The monoisotopic (exact) mass is 306 g/mol. The summed E-state index contributed by atoms with van der Waals surface area (Å²) in [6.45, 7) is 5.43. The SMILES string of the molecule is Cc1cc(Cl)cc(C)c1OCC(=O)N[C@@](C)(C#N)C1CC1. The van der Waals surface area contributed by atoms with Crippen molar-refractivity contribution in [2.45, 2.75) is 39.2 Å². The van der Waals surface area contributed by atoms with Crippen molar-refractivity contribution in [3.8, 4) is 11.8 Å². The molecule has 1 aliphatic carbocycles. The first-order valence-electron chi connectivity index (χ1n) is 6.97. The van der Waals surface area contributed by atoms with Crippen LogP contribution >= 0.6 is 11.6 Å². The molecule has 1 aromatic rings. The van der Waals surface area contributed by atoms with E-state index >= 15 is 0 Å². The fourth-order valence-corrected chi connectivity index (χ4v) is 2.80. The van der Waals surface area contributed by atoms with Gasteiger partial charge in [0.25, 0.3) is 5.91 Å². The van der Waals surface area contributed by atoms with Gasteiger partial charge in [-0.1, -0.05) is 11.6 Å². The summed E-state index contributed by atoms with van der Waals surface area (Å²) in [4.78, 5) is 12.0. The predicted octanol–water partition coefficient (Wildman–Crippen LogP) is 3.14. The molecule has 1 aromatic carbocycles. The minimum atomic E-state index is -0.787. The van der Waals surface area contributed by atoms with Crippen LogP contribution in [0.3, 0.4) is 0 Å². The van der Waals surface area contributed by atoms with Gasteiger partial charge in [0.1, 0.15) is 11.3 Å². The van der Waals surface area contributed by atoms with Gasteiger partial charge in [-0.3, -0.25) is 4.79 Å². The Morgan fingerprint density at radius 1 is 1.48 bits per heavy atom. The molecule has 1 aliphatic rings. The summed E-state index contributed by atoms with van der Waals surface area (Å²) in [7, 11) is 0. The highest BCUT2D eigenvalue weighted by atomic mass is 35.5. The van der Waals surface area contributed by atoms with Gasteiger partial charge in [0.2, 0.25) is 0 Å². The number of amides is 1. The Labute approximate surface area is 130 Å². The van der Waals surface area contributed by atoms with E-state index in [1.54, 1.807) is 19.1 Å². The maximum atomic E-state index is 12.0. The number of nitrogens with zero attached hydrogens (tertiary/aromatic N) is 1. The number of benzene rings is 1. The third-order valence-electron chi connectivity index (χ3n) is 3.80. The van der Waals surface area contributed by atoms with Crippen LogP contribution in [0.2, 0.25) is 5.02 Å². The Morgan fingerprint density at radius 3 is 2.52 bits per heavy atom. The number of hydrogen-bond acceptors (Lipinski definition) is 3. The van der Waals surface area contributed by atoms with Crippen LogP contribution in [0.25, 0.3) is 0 Å². The van der Waals surface area contributed by atoms with E-state index in [2.05, 4.69) is 11.4 Å². The summed E-state index contributed by atoms with van der Waals surface area (Å²) >= 11 is 5.96. The Balaban J connectivity index is 1.97. The van der Waals surface area contributed by atoms with Crippen LogP contribution in [0, 0.1) is 31.1 Å². The molecule has 2 rings (SSSR count). The normalized spacial score (nSPS) is 16.7. The van der Waals surface area contributed by atoms with Crippen molar-refractivity contribution >= 4 is 17.5 Å². The molecule has 1 N–H and O–H groups in total. The zero-order valence-electron chi connectivity index (χ0n) is 12.5. The molecule has 0 aromatic heterocycles. The fourth-order valence-electron chi connectivity index (χ4n) is 2.47. The lowest BCUT2D eigenvalue weighted by Gasteiger charge is -2.23. The Morgan fingerprint density at radius 2 is 2.05 bits per heavy atom. The minimum absolute atomic E-state index is 0.104. The van der Waals surface area contributed by atoms with Gasteiger partial charge < -0.3 is 10.1 Å². The molecule has 21 heavy (non-hydrogen) atoms. The summed E-state index contributed by atoms with van der Waals surface area (Å²) in [5.41, 5.74) is 0.987. The summed E-state index contributed by atoms with van der Waals surface area (Å²) in [6.07, 6.45) is 1.97. The number of carbonyl (C=O) groups is 1. The van der Waals surface area contributed by atoms with Crippen molar-refractivity contribution in [1.82, 2.24) is 5.32 Å². The fraction of sp³-hybridized carbons (Fsp3) is 0.500. The zero-order valence-corrected chi connectivity index (χ0v) is 13.3. The lowest BCUT2D eigenvalue weighted by atomic mass is 9.98. The van der Waals surface area contributed by atoms with Gasteiger partial charge in [-0.15, -0.1) is 0 Å². The van der Waals surface area contributed by atoms with Gasteiger partial charge in [0, 0.05) is 5.02 Å². The topological polar surface area (TPSA) is 62.1 Å². The average Bonchev–Trinajstić information content (AvgIpc) is 3.21. The maximum Gasteiger partial charge on any atom is 0.259 e. The second kappa shape index (κ2) is 5.95. The van der Waals surface area contributed by atoms with Gasteiger partial charge in [-0.2, -0.15) is 5.26 Å². The van der Waals surface area contributed by atoms with E-state index in [4.69, 9.17) is 16.3 Å². The molecule has 1 amide bonds. The number of nitriles is 1. The molecule has 0 unspecified atom stereocenters. The molecule has 0 spiro atoms. The van der Waals surface area contributed by atoms with E-state index in [1.165, 1.54) is 0 Å². The molecule has 0 radical (unpaired) electrons. The summed E-state index contributed by atoms with van der Waals surface area (Å²) in [6, 6.07) is 5.79. The van der Waals surface area contributed by atoms with Crippen LogP contribution in [0.5, 0.6) is 5.75 Å². The number of aryl methyl sites for hydroxylation is 2. The predicted molar refractivity (Wildman–Crippen MR) is 81.3 cm³/mol. The van der Waals surface area contributed by atoms with E-state index in [1.807, 2.05) is 13.8 Å². The number of halogens is 1. The highest BCUT2D eigenvalue weighted by molar-refractivity contribution is 6.30. The molecule has 112 valence electrons. The van der Waals surface area contributed by atoms with Gasteiger partial charge in [-0.25, -0.2) is 0 Å². The Bertz CT molecular complexity index is 582. The lowest BCUT2D eigenvalue weighted by molar-refractivity contribution is -0.124. The first-order chi connectivity index (χ1) is 9.85. The third kappa shape index (κ3) is 3.68. The van der Waals surface area contributed by atoms with Gasteiger partial charge in [0.15, 0.2) is 6.61 Å². The molecular formula is C16H19ClN2O2. The molecule has 0 aliphatic heterocycles. The van der Waals surface area contributed by atoms with Crippen LogP contribution in [-0.4, -0.2) is 18.1 Å². The number of hydrogen-bond donors (Lipinski definition) is 1. The standard InChI is InChI=1S/C16H19ClN2O2/c1-10-6-13(17)7-11(2)15(10)21-8-14(20)19-16(3,9-18)12-4-5-12/h6-7,12H,4-5,8H2,1-3H3,(H,19,20)/t16-/m0/s1. The van der Waals surface area contributed by atoms with Crippen molar-refractivity contribution in [1.29, 1.82) is 5.26 Å². The van der Waals surface area contributed by atoms with Crippen molar-refractivity contribution in [2.24, 2.45) is 5.92 Å². The van der Waals surface area contributed by atoms with Crippen LogP contribution < -0.4 is 10.1 Å². The van der Waals surface area contributed by atoms with Crippen LogP contribution in [-0.2, 0) is 4.79 Å². The van der Waals surface area contributed by atoms with Crippen molar-refractivity contribution in [3.63, 3.8) is 0 Å². The second-order valence-electron chi connectivity index (χ2n) is 5.79. The van der Waals surface area contributed by atoms with E-state index in [0.29, 0.717) is 10.8 Å². The van der Waals surface area contributed by atoms with Crippen LogP contribution in [0.4, 0.5) is 0 Å². The quantitative estimate of drug-likeness (QED) is 0.909. The molecule has 0 saturated heterocycles. The van der Waals surface area contributed by atoms with E-state index in [9.17, 15) is 10.1 Å². The van der Waals surface area contributed by atoms with Gasteiger partial charge in [-0.05, 0) is 62.8 Å². The summed E-state index contributed by atoms with van der Waals surface area (Å²) < 4.78 is 5.59. The van der Waals surface area contributed by atoms with Gasteiger partial charge >= 0.3 is 0 Å². The maximum absolute atomic E-state index is 12.0. The third-order valence-corrected chi connectivity index (χ3v) is 4.02. The molecule has 1 atom stereocenters. The Kier molecular flexibility index (Phi) is 4.43. The molecule has 0 bridgehead atoms. The zero-order chi connectivity index (χ0) is 15.6. The smallest absolute Gasteiger partial charge is 0.259 e. The largest absolute Gasteiger partial charge is 0.483 e. The van der Waals surface area contributed by atoms with E-state index in [-0.39, 0.29) is 18.4 Å². The lowest BCUT2D eigenvalue weighted by Crippen LogP contribution is -2.48. The molecule has 1 fully saturated rings. The highest BCUT2D eigenvalue weighted by Crippen LogP contribution is 2.39. The number of nitrogens with one attached hydrogen (secondary N) is 1. The minimum Gasteiger partial charge on any atom is -0.483 e. The van der Waals surface area contributed by atoms with Crippen LogP contribution in [0.1, 0.15) is 30.9 Å². The molecule has 5 heteroatoms. The number of ether oxygens (including phenoxy) is 1. The first kappa shape index (κ1) is 15.7. The van der Waals surface area contributed by atoms with E-state index in [0.717, 1.165) is 24.0 Å². The van der Waals surface area contributed by atoms with Crippen molar-refractivity contribution in [2.75, 3.05) is 6.61 Å². The average molecular weight is 307 g/mol. The molecule has 1 saturated carbocycles.